The number of aliphatic hydroxyl groups excluding tert-OH is 1. The number of benzene rings is 3. The molecule has 8 nitrogen and oxygen atoms in total. The van der Waals surface area contributed by atoms with Gasteiger partial charge in [0.2, 0.25) is 0 Å². The highest BCUT2D eigenvalue weighted by Crippen LogP contribution is 2.47. The Hall–Kier alpha value is -3.79. The van der Waals surface area contributed by atoms with E-state index in [0.717, 1.165) is 28.2 Å². The van der Waals surface area contributed by atoms with Crippen LogP contribution in [-0.4, -0.2) is 46.8 Å². The van der Waals surface area contributed by atoms with E-state index in [2.05, 4.69) is 4.98 Å². The van der Waals surface area contributed by atoms with Gasteiger partial charge in [-0.15, -0.1) is 11.8 Å². The number of H-pyrrole nitrogens is 1. The van der Waals surface area contributed by atoms with Gasteiger partial charge in [0.1, 0.15) is 22.5 Å². The summed E-state index contributed by atoms with van der Waals surface area (Å²) in [7, 11) is 3.26. The molecule has 208 valence electrons. The van der Waals surface area contributed by atoms with Gasteiger partial charge >= 0.3 is 5.69 Å². The topological polar surface area (TPSA) is 103 Å². The molecule has 0 saturated carbocycles. The highest BCUT2D eigenvalue weighted by molar-refractivity contribution is 8.00. The molecule has 1 fully saturated rings. The fraction of sp³-hybridized carbons (Fsp3) is 0.290. The molecule has 0 bridgehead atoms. The Morgan fingerprint density at radius 2 is 1.40 bits per heavy atom. The molecule has 0 radical (unpaired) electrons. The third kappa shape index (κ3) is 5.20. The van der Waals surface area contributed by atoms with E-state index in [-0.39, 0.29) is 17.8 Å². The van der Waals surface area contributed by atoms with Crippen molar-refractivity contribution in [1.82, 2.24) is 9.55 Å². The van der Waals surface area contributed by atoms with Crippen LogP contribution in [0.1, 0.15) is 29.0 Å². The second kappa shape index (κ2) is 11.8. The number of aromatic nitrogens is 2. The average Bonchev–Trinajstić information content (AvgIpc) is 3.27. The van der Waals surface area contributed by atoms with Gasteiger partial charge in [0.15, 0.2) is 0 Å². The van der Waals surface area contributed by atoms with Gasteiger partial charge in [0.05, 0.1) is 26.9 Å². The van der Waals surface area contributed by atoms with Crippen LogP contribution in [-0.2, 0) is 10.3 Å². The minimum atomic E-state index is -0.988. The van der Waals surface area contributed by atoms with Gasteiger partial charge in [0, 0.05) is 17.5 Å². The monoisotopic (exact) mass is 560 g/mol. The highest BCUT2D eigenvalue weighted by Gasteiger charge is 2.45. The molecule has 0 amide bonds. The standard InChI is InChI=1S/C31H32N2O6S/c1-20-26(40-29(28(20)35)33-18-17-27(34)32-30(33)36)19-39-31(21-7-5-4-6-8-21,22-9-13-24(37-2)14-10-22)23-11-15-25(38-3)16-12-23/h4-18,20,26,28-29,35H,19H2,1-3H3,(H,32,34,36)/t20-,26-,28-,29-/m1/s1. The summed E-state index contributed by atoms with van der Waals surface area (Å²) in [4.78, 5) is 26.4. The Labute approximate surface area is 236 Å². The van der Waals surface area contributed by atoms with E-state index in [9.17, 15) is 14.7 Å². The molecule has 0 spiro atoms. The lowest BCUT2D eigenvalue weighted by atomic mass is 9.80. The van der Waals surface area contributed by atoms with Crippen LogP contribution in [0, 0.1) is 5.92 Å². The summed E-state index contributed by atoms with van der Waals surface area (Å²) in [6.07, 6.45) is 0.622. The van der Waals surface area contributed by atoms with Crippen LogP contribution in [0.15, 0.2) is 101 Å². The third-order valence-electron chi connectivity index (χ3n) is 7.49. The maximum Gasteiger partial charge on any atom is 0.329 e. The molecule has 4 atom stereocenters. The minimum absolute atomic E-state index is 0.140. The maximum atomic E-state index is 12.5. The Bertz CT molecular complexity index is 1490. The Morgan fingerprint density at radius 3 is 1.93 bits per heavy atom. The summed E-state index contributed by atoms with van der Waals surface area (Å²) in [6.45, 7) is 2.23. The molecule has 1 aromatic heterocycles. The zero-order chi connectivity index (χ0) is 28.3. The van der Waals surface area contributed by atoms with Crippen LogP contribution in [0.3, 0.4) is 0 Å². The molecule has 9 heteroatoms. The van der Waals surface area contributed by atoms with Crippen LogP contribution >= 0.6 is 11.8 Å². The molecule has 3 aromatic carbocycles. The summed E-state index contributed by atoms with van der Waals surface area (Å²) in [6, 6.07) is 26.9. The Kier molecular flexibility index (Phi) is 8.16. The van der Waals surface area contributed by atoms with Crippen molar-refractivity contribution in [2.75, 3.05) is 20.8 Å². The van der Waals surface area contributed by atoms with E-state index in [1.165, 1.54) is 28.6 Å². The fourth-order valence-electron chi connectivity index (χ4n) is 5.19. The third-order valence-corrected chi connectivity index (χ3v) is 9.19. The van der Waals surface area contributed by atoms with E-state index >= 15 is 0 Å². The van der Waals surface area contributed by atoms with Crippen LogP contribution in [0.25, 0.3) is 0 Å². The highest BCUT2D eigenvalue weighted by atomic mass is 32.2. The fourth-order valence-corrected chi connectivity index (χ4v) is 6.81. The van der Waals surface area contributed by atoms with Crippen molar-refractivity contribution in [3.8, 4) is 11.5 Å². The average molecular weight is 561 g/mol. The lowest BCUT2D eigenvalue weighted by Crippen LogP contribution is -2.36. The molecule has 2 N–H and O–H groups in total. The molecule has 40 heavy (non-hydrogen) atoms. The number of aliphatic hydroxyl groups is 1. The molecular weight excluding hydrogens is 528 g/mol. The van der Waals surface area contributed by atoms with Crippen LogP contribution in [0.4, 0.5) is 0 Å². The molecule has 0 aliphatic carbocycles. The quantitative estimate of drug-likeness (QED) is 0.296. The molecular formula is C31H32N2O6S. The predicted octanol–water partition coefficient (Wildman–Crippen LogP) is 4.17. The SMILES string of the molecule is COc1ccc(C(OC[C@H]2S[C@@H](n3ccc(=O)[nH]c3=O)[C@H](O)[C@@H]2C)(c2ccccc2)c2ccc(OC)cc2)cc1. The van der Waals surface area contributed by atoms with Gasteiger partial charge in [-0.3, -0.25) is 14.3 Å². The largest absolute Gasteiger partial charge is 0.497 e. The van der Waals surface area contributed by atoms with E-state index in [1.807, 2.05) is 85.8 Å². The number of hydrogen-bond donors (Lipinski definition) is 2. The van der Waals surface area contributed by atoms with Gasteiger partial charge in [-0.1, -0.05) is 61.5 Å². The number of aromatic amines is 1. The van der Waals surface area contributed by atoms with Gasteiger partial charge < -0.3 is 19.3 Å². The van der Waals surface area contributed by atoms with E-state index in [0.29, 0.717) is 0 Å². The first-order chi connectivity index (χ1) is 19.4. The number of hydrogen-bond acceptors (Lipinski definition) is 7. The molecule has 0 unspecified atom stereocenters. The second-order valence-corrected chi connectivity index (χ2v) is 11.1. The van der Waals surface area contributed by atoms with Crippen molar-refractivity contribution in [2.45, 2.75) is 29.3 Å². The van der Waals surface area contributed by atoms with Gasteiger partial charge in [-0.2, -0.15) is 0 Å². The van der Waals surface area contributed by atoms with Crippen molar-refractivity contribution in [1.29, 1.82) is 0 Å². The van der Waals surface area contributed by atoms with E-state index < -0.39 is 28.3 Å². The summed E-state index contributed by atoms with van der Waals surface area (Å²) in [5.41, 5.74) is 0.752. The van der Waals surface area contributed by atoms with Crippen LogP contribution in [0.5, 0.6) is 11.5 Å². The second-order valence-electron chi connectivity index (χ2n) is 9.75. The molecule has 1 saturated heterocycles. The lowest BCUT2D eigenvalue weighted by Gasteiger charge is -2.37. The van der Waals surface area contributed by atoms with Crippen LogP contribution < -0.4 is 20.7 Å². The normalized spacial score (nSPS) is 20.8. The van der Waals surface area contributed by atoms with Crippen molar-refractivity contribution in [3.63, 3.8) is 0 Å². The summed E-state index contributed by atoms with van der Waals surface area (Å²) < 4.78 is 19.2. The number of nitrogens with zero attached hydrogens (tertiary/aromatic N) is 1. The number of rotatable bonds is 9. The number of thioether (sulfide) groups is 1. The molecule has 1 aliphatic heterocycles. The smallest absolute Gasteiger partial charge is 0.329 e. The molecule has 2 heterocycles. The lowest BCUT2D eigenvalue weighted by molar-refractivity contribution is 0.00172. The summed E-state index contributed by atoms with van der Waals surface area (Å²) in [5, 5.41) is 10.4. The van der Waals surface area contributed by atoms with Crippen LogP contribution in [0.2, 0.25) is 0 Å². The van der Waals surface area contributed by atoms with Crippen molar-refractivity contribution >= 4 is 11.8 Å². The van der Waals surface area contributed by atoms with Gasteiger partial charge in [-0.05, 0) is 46.9 Å². The molecule has 4 aromatic rings. The first-order valence-corrected chi connectivity index (χ1v) is 13.9. The van der Waals surface area contributed by atoms with E-state index in [1.54, 1.807) is 14.2 Å². The minimum Gasteiger partial charge on any atom is -0.497 e. The maximum absolute atomic E-state index is 12.5. The van der Waals surface area contributed by atoms with Crippen molar-refractivity contribution in [2.24, 2.45) is 5.92 Å². The number of ether oxygens (including phenoxy) is 3. The zero-order valence-corrected chi connectivity index (χ0v) is 23.3. The Morgan fingerprint density at radius 1 is 0.850 bits per heavy atom. The Balaban J connectivity index is 1.56. The van der Waals surface area contributed by atoms with Crippen molar-refractivity contribution in [3.05, 3.63) is 129 Å². The van der Waals surface area contributed by atoms with Gasteiger partial charge in [-0.25, -0.2) is 4.79 Å². The summed E-state index contributed by atoms with van der Waals surface area (Å²) >= 11 is 1.46. The zero-order valence-electron chi connectivity index (χ0n) is 22.5. The first-order valence-electron chi connectivity index (χ1n) is 13.0. The number of methoxy groups -OCH3 is 2. The predicted molar refractivity (Wildman–Crippen MR) is 155 cm³/mol. The molecule has 1 aliphatic rings. The van der Waals surface area contributed by atoms with E-state index in [4.69, 9.17) is 14.2 Å². The number of nitrogens with one attached hydrogen (secondary N) is 1. The molecule has 5 rings (SSSR count). The van der Waals surface area contributed by atoms with Gasteiger partial charge in [0.25, 0.3) is 5.56 Å². The van der Waals surface area contributed by atoms with Crippen molar-refractivity contribution < 1.29 is 19.3 Å². The summed E-state index contributed by atoms with van der Waals surface area (Å²) in [5.74, 6) is 1.28. The first kappa shape index (κ1) is 27.8.